The highest BCUT2D eigenvalue weighted by molar-refractivity contribution is 7.92. The van der Waals surface area contributed by atoms with Crippen molar-refractivity contribution < 1.29 is 22.7 Å². The summed E-state index contributed by atoms with van der Waals surface area (Å²) < 4.78 is 31.0. The van der Waals surface area contributed by atoms with Gasteiger partial charge in [0.15, 0.2) is 5.60 Å². The van der Waals surface area contributed by atoms with Crippen molar-refractivity contribution in [1.82, 2.24) is 9.80 Å². The van der Waals surface area contributed by atoms with Crippen molar-refractivity contribution >= 4 is 27.7 Å². The Bertz CT molecular complexity index is 792. The fraction of sp³-hybridized carbons (Fsp3) is 0.500. The molecule has 0 unspecified atom stereocenters. The fourth-order valence-electron chi connectivity index (χ4n) is 3.14. The van der Waals surface area contributed by atoms with Crippen LogP contribution in [0.25, 0.3) is 0 Å². The van der Waals surface area contributed by atoms with E-state index >= 15 is 0 Å². The highest BCUT2D eigenvalue weighted by Crippen LogP contribution is 2.32. The summed E-state index contributed by atoms with van der Waals surface area (Å²) in [6.45, 7) is 2.92. The molecule has 1 N–H and O–H groups in total. The molecule has 1 aromatic rings. The van der Waals surface area contributed by atoms with E-state index in [2.05, 4.69) is 4.72 Å². The number of anilines is 1. The van der Waals surface area contributed by atoms with Crippen molar-refractivity contribution in [3.63, 3.8) is 0 Å². The number of sulfonamides is 1. The van der Waals surface area contributed by atoms with E-state index in [1.165, 1.54) is 4.90 Å². The van der Waals surface area contributed by atoms with E-state index in [-0.39, 0.29) is 17.8 Å². The predicted octanol–water partition coefficient (Wildman–Crippen LogP) is 1.11. The zero-order chi connectivity index (χ0) is 18.2. The first kappa shape index (κ1) is 17.5. The van der Waals surface area contributed by atoms with Crippen LogP contribution in [-0.2, 0) is 14.8 Å². The number of amides is 2. The number of nitrogens with one attached hydrogen (secondary N) is 1. The van der Waals surface area contributed by atoms with Gasteiger partial charge < -0.3 is 14.5 Å². The normalized spacial score (nSPS) is 23.2. The third kappa shape index (κ3) is 3.55. The van der Waals surface area contributed by atoms with Crippen molar-refractivity contribution in [3.05, 3.63) is 29.8 Å². The minimum absolute atomic E-state index is 0.0172. The topological polar surface area (TPSA) is 96.0 Å². The molecular weight excluding hydrogens is 346 g/mol. The number of carbonyl (C=O) groups is 2. The molecule has 2 heterocycles. The van der Waals surface area contributed by atoms with Crippen molar-refractivity contribution in [1.29, 1.82) is 0 Å². The van der Waals surface area contributed by atoms with Gasteiger partial charge in [0, 0.05) is 31.3 Å². The van der Waals surface area contributed by atoms with E-state index in [0.717, 1.165) is 0 Å². The molecule has 0 radical (unpaired) electrons. The molecule has 0 saturated carbocycles. The largest absolute Gasteiger partial charge is 0.439 e. The van der Waals surface area contributed by atoms with Gasteiger partial charge in [-0.25, -0.2) is 13.2 Å². The predicted molar refractivity (Wildman–Crippen MR) is 91.9 cm³/mol. The number of hydrogen-bond donors (Lipinski definition) is 1. The minimum Gasteiger partial charge on any atom is -0.439 e. The van der Waals surface area contributed by atoms with Gasteiger partial charge in [0.25, 0.3) is 5.91 Å². The first-order valence-corrected chi connectivity index (χ1v) is 9.73. The van der Waals surface area contributed by atoms with E-state index in [0.29, 0.717) is 37.3 Å². The Balaban J connectivity index is 1.67. The SMILES string of the molecule is CCS(=O)(=O)Nc1ccc(C(=O)N2CC[C@@]3(CN(C)C(=O)O3)C2)cc1. The first-order chi connectivity index (χ1) is 11.7. The molecule has 2 fully saturated rings. The second-order valence-electron chi connectivity index (χ2n) is 6.47. The number of likely N-dealkylation sites (N-methyl/N-ethyl adjacent to an activating group) is 1. The first-order valence-electron chi connectivity index (χ1n) is 8.07. The Hall–Kier alpha value is -2.29. The lowest BCUT2D eigenvalue weighted by Crippen LogP contribution is -2.39. The lowest BCUT2D eigenvalue weighted by atomic mass is 10.0. The van der Waals surface area contributed by atoms with Crippen molar-refractivity contribution in [3.8, 4) is 0 Å². The van der Waals surface area contributed by atoms with E-state index < -0.39 is 15.6 Å². The van der Waals surface area contributed by atoms with E-state index in [1.54, 1.807) is 43.1 Å². The summed E-state index contributed by atoms with van der Waals surface area (Å²) in [7, 11) is -1.67. The quantitative estimate of drug-likeness (QED) is 0.860. The molecule has 3 rings (SSSR count). The highest BCUT2D eigenvalue weighted by Gasteiger charge is 2.49. The molecular formula is C16H21N3O5S. The average Bonchev–Trinajstić information content (AvgIpc) is 3.10. The molecule has 2 saturated heterocycles. The number of hydrogen-bond acceptors (Lipinski definition) is 5. The van der Waals surface area contributed by atoms with Crippen LogP contribution in [0.2, 0.25) is 0 Å². The third-order valence-corrected chi connectivity index (χ3v) is 5.84. The monoisotopic (exact) mass is 367 g/mol. The van der Waals surface area contributed by atoms with Gasteiger partial charge in [-0.15, -0.1) is 0 Å². The van der Waals surface area contributed by atoms with Crippen molar-refractivity contribution in [2.45, 2.75) is 18.9 Å². The Morgan fingerprint density at radius 2 is 1.96 bits per heavy atom. The van der Waals surface area contributed by atoms with Gasteiger partial charge in [-0.1, -0.05) is 0 Å². The van der Waals surface area contributed by atoms with Gasteiger partial charge in [0.05, 0.1) is 18.8 Å². The molecule has 2 aliphatic rings. The molecule has 9 heteroatoms. The van der Waals surface area contributed by atoms with Crippen molar-refractivity contribution in [2.24, 2.45) is 0 Å². The van der Waals surface area contributed by atoms with Crippen LogP contribution in [0.5, 0.6) is 0 Å². The number of nitrogens with zero attached hydrogens (tertiary/aromatic N) is 2. The van der Waals surface area contributed by atoms with Crippen LogP contribution in [0.1, 0.15) is 23.7 Å². The van der Waals surface area contributed by atoms with Crippen LogP contribution in [0, 0.1) is 0 Å². The van der Waals surface area contributed by atoms with Gasteiger partial charge in [-0.3, -0.25) is 9.52 Å². The zero-order valence-corrected chi connectivity index (χ0v) is 15.0. The van der Waals surface area contributed by atoms with E-state index in [9.17, 15) is 18.0 Å². The maximum atomic E-state index is 12.6. The molecule has 136 valence electrons. The summed E-state index contributed by atoms with van der Waals surface area (Å²) in [5.74, 6) is -0.177. The van der Waals surface area contributed by atoms with Gasteiger partial charge in [-0.05, 0) is 31.2 Å². The Morgan fingerprint density at radius 1 is 1.28 bits per heavy atom. The van der Waals surface area contributed by atoms with Gasteiger partial charge in [0.2, 0.25) is 10.0 Å². The molecule has 2 amide bonds. The lowest BCUT2D eigenvalue weighted by Gasteiger charge is -2.21. The molecule has 1 aromatic carbocycles. The van der Waals surface area contributed by atoms with Gasteiger partial charge >= 0.3 is 6.09 Å². The maximum absolute atomic E-state index is 12.6. The lowest BCUT2D eigenvalue weighted by molar-refractivity contribution is 0.0553. The summed E-state index contributed by atoms with van der Waals surface area (Å²) in [6, 6.07) is 6.31. The molecule has 0 bridgehead atoms. The van der Waals surface area contributed by atoms with Crippen LogP contribution in [-0.4, -0.2) is 68.3 Å². The number of likely N-dealkylation sites (tertiary alicyclic amines) is 1. The summed E-state index contributed by atoms with van der Waals surface area (Å²) in [4.78, 5) is 27.4. The van der Waals surface area contributed by atoms with E-state index in [1.807, 2.05) is 0 Å². The minimum atomic E-state index is -3.35. The second kappa shape index (κ2) is 6.21. The fourth-order valence-corrected chi connectivity index (χ4v) is 3.78. The molecule has 8 nitrogen and oxygen atoms in total. The molecule has 0 aromatic heterocycles. The summed E-state index contributed by atoms with van der Waals surface area (Å²) in [6.07, 6.45) is 0.255. The van der Waals surface area contributed by atoms with Crippen LogP contribution in [0.4, 0.5) is 10.5 Å². The number of benzene rings is 1. The Kier molecular flexibility index (Phi) is 4.36. The molecule has 1 spiro atoms. The van der Waals surface area contributed by atoms with E-state index in [4.69, 9.17) is 4.74 Å². The standard InChI is InChI=1S/C16H21N3O5S/c1-3-25(22,23)17-13-6-4-12(5-7-13)14(20)19-9-8-16(11-19)10-18(2)15(21)24-16/h4-7,17H,3,8-11H2,1-2H3/t16-/m1/s1. The molecule has 0 aliphatic carbocycles. The average molecular weight is 367 g/mol. The second-order valence-corrected chi connectivity index (χ2v) is 8.48. The number of carbonyl (C=O) groups excluding carboxylic acids is 2. The molecule has 25 heavy (non-hydrogen) atoms. The number of ether oxygens (including phenoxy) is 1. The van der Waals surface area contributed by atoms with Crippen LogP contribution >= 0.6 is 0 Å². The van der Waals surface area contributed by atoms with Crippen molar-refractivity contribution in [2.75, 3.05) is 37.2 Å². The summed E-state index contributed by atoms with van der Waals surface area (Å²) in [5.41, 5.74) is 0.273. The van der Waals surface area contributed by atoms with Gasteiger partial charge in [-0.2, -0.15) is 0 Å². The van der Waals surface area contributed by atoms with Crippen LogP contribution in [0.3, 0.4) is 0 Å². The third-order valence-electron chi connectivity index (χ3n) is 4.53. The van der Waals surface area contributed by atoms with Crippen LogP contribution < -0.4 is 4.72 Å². The summed E-state index contributed by atoms with van der Waals surface area (Å²) in [5, 5.41) is 0. The highest BCUT2D eigenvalue weighted by atomic mass is 32.2. The summed E-state index contributed by atoms with van der Waals surface area (Å²) >= 11 is 0. The Morgan fingerprint density at radius 3 is 2.52 bits per heavy atom. The van der Waals surface area contributed by atoms with Crippen LogP contribution in [0.15, 0.2) is 24.3 Å². The van der Waals surface area contributed by atoms with Gasteiger partial charge in [0.1, 0.15) is 0 Å². The molecule has 1 atom stereocenters. The Labute approximate surface area is 146 Å². The maximum Gasteiger partial charge on any atom is 0.410 e. The smallest absolute Gasteiger partial charge is 0.410 e. The zero-order valence-electron chi connectivity index (χ0n) is 14.2. The molecule has 2 aliphatic heterocycles. The number of rotatable bonds is 4.